The molecular weight excluding hydrogens is 204 g/mol. The van der Waals surface area contributed by atoms with Crippen LogP contribution in [-0.4, -0.2) is 33.3 Å². The van der Waals surface area contributed by atoms with E-state index in [9.17, 15) is 5.11 Å². The van der Waals surface area contributed by atoms with Crippen LogP contribution in [0.2, 0.25) is 0 Å². The number of aliphatic hydroxyl groups excluding tert-OH is 1. The molecule has 2 aliphatic heterocycles. The van der Waals surface area contributed by atoms with E-state index in [-0.39, 0.29) is 6.10 Å². The van der Waals surface area contributed by atoms with Gasteiger partial charge in [0.1, 0.15) is 5.82 Å². The van der Waals surface area contributed by atoms with Crippen molar-refractivity contribution < 1.29 is 5.11 Å². The Morgan fingerprint density at radius 1 is 1.31 bits per heavy atom. The second-order valence-corrected chi connectivity index (χ2v) is 4.69. The summed E-state index contributed by atoms with van der Waals surface area (Å²) in [6.45, 7) is 0. The second kappa shape index (κ2) is 3.59. The summed E-state index contributed by atoms with van der Waals surface area (Å²) in [5, 5.41) is 9.73. The molecule has 2 aliphatic rings. The fourth-order valence-corrected chi connectivity index (χ4v) is 3.03. The van der Waals surface area contributed by atoms with Gasteiger partial charge in [-0.05, 0) is 31.7 Å². The maximum Gasteiger partial charge on any atom is 0.221 e. The van der Waals surface area contributed by atoms with Crippen LogP contribution >= 0.6 is 0 Å². The highest BCUT2D eigenvalue weighted by Crippen LogP contribution is 2.38. The zero-order valence-corrected chi connectivity index (χ0v) is 9.08. The number of nitrogen functional groups attached to an aromatic ring is 1. The molecule has 0 spiro atoms. The quantitative estimate of drug-likeness (QED) is 0.723. The average molecular weight is 220 g/mol. The van der Waals surface area contributed by atoms with Gasteiger partial charge < -0.3 is 15.7 Å². The minimum atomic E-state index is -0.145. The summed E-state index contributed by atoms with van der Waals surface area (Å²) >= 11 is 0. The van der Waals surface area contributed by atoms with Gasteiger partial charge in [0, 0.05) is 18.3 Å². The molecule has 2 bridgehead atoms. The van der Waals surface area contributed by atoms with Gasteiger partial charge in [0.25, 0.3) is 0 Å². The van der Waals surface area contributed by atoms with Crippen molar-refractivity contribution in [3.8, 4) is 0 Å². The van der Waals surface area contributed by atoms with Crippen molar-refractivity contribution in [1.29, 1.82) is 0 Å². The SMILES string of the molecule is Nc1nccc(N2C3CCC2CC(O)C3)n1. The number of nitrogens with zero attached hydrogens (tertiary/aromatic N) is 3. The van der Waals surface area contributed by atoms with E-state index in [1.807, 2.05) is 6.07 Å². The lowest BCUT2D eigenvalue weighted by Crippen LogP contribution is -2.45. The van der Waals surface area contributed by atoms with Crippen molar-refractivity contribution in [3.63, 3.8) is 0 Å². The molecule has 1 aromatic rings. The third kappa shape index (κ3) is 1.51. The molecule has 0 amide bonds. The highest BCUT2D eigenvalue weighted by Gasteiger charge is 2.40. The molecular formula is C11H16N4O. The first-order valence-electron chi connectivity index (χ1n) is 5.79. The zero-order chi connectivity index (χ0) is 11.1. The minimum absolute atomic E-state index is 0.145. The van der Waals surface area contributed by atoms with E-state index in [1.54, 1.807) is 6.20 Å². The number of aliphatic hydroxyl groups is 1. The largest absolute Gasteiger partial charge is 0.393 e. The predicted molar refractivity (Wildman–Crippen MR) is 61.0 cm³/mol. The highest BCUT2D eigenvalue weighted by atomic mass is 16.3. The van der Waals surface area contributed by atoms with Gasteiger partial charge in [-0.2, -0.15) is 4.98 Å². The lowest BCUT2D eigenvalue weighted by atomic mass is 10.00. The van der Waals surface area contributed by atoms with Gasteiger partial charge in [0.05, 0.1) is 6.10 Å². The van der Waals surface area contributed by atoms with E-state index in [1.165, 1.54) is 0 Å². The number of rotatable bonds is 1. The Labute approximate surface area is 94.3 Å². The Balaban J connectivity index is 1.91. The summed E-state index contributed by atoms with van der Waals surface area (Å²) in [7, 11) is 0. The van der Waals surface area contributed by atoms with E-state index < -0.39 is 0 Å². The van der Waals surface area contributed by atoms with E-state index in [0.717, 1.165) is 31.5 Å². The summed E-state index contributed by atoms with van der Waals surface area (Å²) in [6.07, 6.45) is 5.54. The maximum absolute atomic E-state index is 9.73. The Kier molecular flexibility index (Phi) is 2.21. The molecule has 2 saturated heterocycles. The fourth-order valence-electron chi connectivity index (χ4n) is 3.03. The number of piperidine rings is 1. The van der Waals surface area contributed by atoms with E-state index >= 15 is 0 Å². The number of anilines is 2. The van der Waals surface area contributed by atoms with E-state index in [2.05, 4.69) is 14.9 Å². The summed E-state index contributed by atoms with van der Waals surface area (Å²) in [5.41, 5.74) is 5.61. The topological polar surface area (TPSA) is 75.3 Å². The molecule has 86 valence electrons. The second-order valence-electron chi connectivity index (χ2n) is 4.69. The third-order valence-corrected chi connectivity index (χ3v) is 3.63. The monoisotopic (exact) mass is 220 g/mol. The maximum atomic E-state index is 9.73. The molecule has 3 heterocycles. The zero-order valence-electron chi connectivity index (χ0n) is 9.08. The van der Waals surface area contributed by atoms with Crippen molar-refractivity contribution in [2.75, 3.05) is 10.6 Å². The van der Waals surface area contributed by atoms with Gasteiger partial charge in [0.15, 0.2) is 0 Å². The van der Waals surface area contributed by atoms with Crippen LogP contribution in [0, 0.1) is 0 Å². The molecule has 5 nitrogen and oxygen atoms in total. The summed E-state index contributed by atoms with van der Waals surface area (Å²) in [5.74, 6) is 1.23. The normalized spacial score (nSPS) is 33.1. The van der Waals surface area contributed by atoms with Crippen molar-refractivity contribution in [3.05, 3.63) is 12.3 Å². The number of hydrogen-bond donors (Lipinski definition) is 2. The van der Waals surface area contributed by atoms with Crippen LogP contribution in [0.3, 0.4) is 0 Å². The number of fused-ring (bicyclic) bond motifs is 2. The smallest absolute Gasteiger partial charge is 0.221 e. The predicted octanol–water partition coefficient (Wildman–Crippen LogP) is 0.551. The molecule has 5 heteroatoms. The lowest BCUT2D eigenvalue weighted by molar-refractivity contribution is 0.126. The van der Waals surface area contributed by atoms with Crippen LogP contribution in [-0.2, 0) is 0 Å². The molecule has 16 heavy (non-hydrogen) atoms. The highest BCUT2D eigenvalue weighted by molar-refractivity contribution is 5.45. The summed E-state index contributed by atoms with van der Waals surface area (Å²) < 4.78 is 0. The van der Waals surface area contributed by atoms with Crippen LogP contribution in [0.15, 0.2) is 12.3 Å². The standard InChI is InChI=1S/C11H16N4O/c12-11-13-4-3-10(14-11)15-7-1-2-8(15)6-9(16)5-7/h3-4,7-9,16H,1-2,5-6H2,(H2,12,13,14). The van der Waals surface area contributed by atoms with Crippen LogP contribution < -0.4 is 10.6 Å². The first-order chi connectivity index (χ1) is 7.74. The minimum Gasteiger partial charge on any atom is -0.393 e. The Morgan fingerprint density at radius 3 is 2.62 bits per heavy atom. The summed E-state index contributed by atoms with van der Waals surface area (Å²) in [4.78, 5) is 10.5. The molecule has 0 aromatic carbocycles. The third-order valence-electron chi connectivity index (χ3n) is 3.63. The Hall–Kier alpha value is -1.36. The summed E-state index contributed by atoms with van der Waals surface area (Å²) in [6, 6.07) is 2.74. The van der Waals surface area contributed by atoms with Crippen molar-refractivity contribution >= 4 is 11.8 Å². The van der Waals surface area contributed by atoms with Gasteiger partial charge in [0.2, 0.25) is 5.95 Å². The average Bonchev–Trinajstić information content (AvgIpc) is 2.51. The lowest BCUT2D eigenvalue weighted by Gasteiger charge is -2.38. The molecule has 0 radical (unpaired) electrons. The molecule has 2 fully saturated rings. The van der Waals surface area contributed by atoms with Crippen molar-refractivity contribution in [2.45, 2.75) is 43.9 Å². The van der Waals surface area contributed by atoms with Crippen LogP contribution in [0.5, 0.6) is 0 Å². The van der Waals surface area contributed by atoms with E-state index in [0.29, 0.717) is 18.0 Å². The molecule has 2 unspecified atom stereocenters. The fraction of sp³-hybridized carbons (Fsp3) is 0.636. The van der Waals surface area contributed by atoms with Crippen LogP contribution in [0.4, 0.5) is 11.8 Å². The van der Waals surface area contributed by atoms with E-state index in [4.69, 9.17) is 5.73 Å². The molecule has 0 aliphatic carbocycles. The molecule has 1 aromatic heterocycles. The first-order valence-corrected chi connectivity index (χ1v) is 5.79. The Bertz CT molecular complexity index is 383. The van der Waals surface area contributed by atoms with Crippen molar-refractivity contribution in [2.24, 2.45) is 0 Å². The van der Waals surface area contributed by atoms with Crippen molar-refractivity contribution in [1.82, 2.24) is 9.97 Å². The Morgan fingerprint density at radius 2 is 2.00 bits per heavy atom. The molecule has 2 atom stereocenters. The van der Waals surface area contributed by atoms with Gasteiger partial charge in [-0.25, -0.2) is 4.98 Å². The van der Waals surface area contributed by atoms with Crippen LogP contribution in [0.1, 0.15) is 25.7 Å². The number of nitrogens with two attached hydrogens (primary N) is 1. The van der Waals surface area contributed by atoms with Gasteiger partial charge in [-0.1, -0.05) is 0 Å². The molecule has 3 rings (SSSR count). The molecule has 0 saturated carbocycles. The first kappa shape index (κ1) is 9.84. The number of aromatic nitrogens is 2. The van der Waals surface area contributed by atoms with Crippen LogP contribution in [0.25, 0.3) is 0 Å². The molecule has 3 N–H and O–H groups in total. The van der Waals surface area contributed by atoms with Gasteiger partial charge in [-0.15, -0.1) is 0 Å². The number of hydrogen-bond acceptors (Lipinski definition) is 5. The van der Waals surface area contributed by atoms with Gasteiger partial charge >= 0.3 is 0 Å². The van der Waals surface area contributed by atoms with Gasteiger partial charge in [-0.3, -0.25) is 0 Å².